The second kappa shape index (κ2) is 32.8. The SMILES string of the molecule is C.C.CC(C)(C)C[C@@H]1C[C@@]1(NC(=O)C(C)(C)C)P(=O)(C(C)(C)C)C(C)(C)C.CC(C)(C)C[C@@H]1C[C@]1(NC(=O)C(C)(C)C)P(=O)(C(C)(C)C)C(C)(C)C.CC(C)(C)C[C@H]1C[C@@]1(NC(=O)C(C)(C)C)P(=O)(C(C)(C)C)C(C)(C)C.CC(C)(C)C[C@H]1C[C@]1(NC(=O)C(C)(C)C)P(=O)(C(C)(C)C)C(C)(C)C.S.S. The molecule has 0 heterocycles. The van der Waals surface area contributed by atoms with Gasteiger partial charge in [-0.25, -0.2) is 0 Å². The van der Waals surface area contributed by atoms with Crippen LogP contribution < -0.4 is 21.3 Å². The summed E-state index contributed by atoms with van der Waals surface area (Å²) in [5.74, 6) is 1.17. The maximum Gasteiger partial charge on any atom is 0.226 e. The summed E-state index contributed by atoms with van der Waals surface area (Å²) < 4.78 is 58.7. The highest BCUT2D eigenvalue weighted by molar-refractivity contribution is 7.70. The molecular weight excluding hydrogens is 1400 g/mol. The Morgan fingerprint density at radius 1 is 0.240 bits per heavy atom. The first-order valence-corrected chi connectivity index (χ1v) is 45.3. The summed E-state index contributed by atoms with van der Waals surface area (Å²) in [5, 5.41) is 8.19. The smallest absolute Gasteiger partial charge is 0.226 e. The quantitative estimate of drug-likeness (QED) is 0.139. The van der Waals surface area contributed by atoms with Gasteiger partial charge in [0.15, 0.2) is 0 Å². The highest BCUT2D eigenvalue weighted by Gasteiger charge is 2.76. The van der Waals surface area contributed by atoms with Crippen molar-refractivity contribution in [2.24, 2.45) is 67.0 Å². The minimum Gasteiger partial charge on any atom is -0.343 e. The predicted octanol–water partition coefficient (Wildman–Crippen LogP) is 26.5. The van der Waals surface area contributed by atoms with Crippen LogP contribution in [0.1, 0.15) is 399 Å². The first kappa shape index (κ1) is 110. The van der Waals surface area contributed by atoms with Gasteiger partial charge in [0.25, 0.3) is 0 Å². The molecule has 8 atom stereocenters. The molecule has 0 bridgehead atoms. The summed E-state index contributed by atoms with van der Waals surface area (Å²) in [6, 6.07) is 0. The van der Waals surface area contributed by atoms with E-state index in [0.29, 0.717) is 0 Å². The summed E-state index contributed by atoms with van der Waals surface area (Å²) in [7, 11) is -11.1. The molecule has 0 saturated heterocycles. The summed E-state index contributed by atoms with van der Waals surface area (Å²) in [5.41, 5.74) is -1.33. The lowest BCUT2D eigenvalue weighted by atomic mass is 9.89. The Labute approximate surface area is 661 Å². The molecule has 4 aliphatic rings. The van der Waals surface area contributed by atoms with E-state index in [1.807, 2.05) is 83.1 Å². The number of hydrogen-bond acceptors (Lipinski definition) is 8. The van der Waals surface area contributed by atoms with E-state index >= 15 is 0 Å². The lowest BCUT2D eigenvalue weighted by Gasteiger charge is -2.48. The second-order valence-electron chi connectivity index (χ2n) is 49.0. The van der Waals surface area contributed by atoms with Crippen LogP contribution in [0.3, 0.4) is 0 Å². The standard InChI is InChI=1S/4C21H42NO2P.2CH4.2H2S/c4*1-17(2,3)13-15-14-21(15,22-16(23)18(4,5)6)25(24,19(7,8)9)20(10,11)12;;;;/h4*15H,13-14H2,1-12H3,(H,22,23);2*1H4;2*1H2/t2*15-,21+;2*15-,21-;;;;/m1010..../s1. The van der Waals surface area contributed by atoms with Crippen LogP contribution in [0.15, 0.2) is 0 Å². The highest BCUT2D eigenvalue weighted by atomic mass is 32.1. The van der Waals surface area contributed by atoms with E-state index in [1.165, 1.54) is 0 Å². The summed E-state index contributed by atoms with van der Waals surface area (Å²) >= 11 is 0. The van der Waals surface area contributed by atoms with E-state index in [9.17, 15) is 37.4 Å². The van der Waals surface area contributed by atoms with Gasteiger partial charge in [-0.1, -0.05) is 347 Å². The van der Waals surface area contributed by atoms with Crippen LogP contribution in [-0.4, -0.2) is 86.0 Å². The molecule has 0 radical (unpaired) electrons. The first-order chi connectivity index (χ1) is 42.8. The third-order valence-electron chi connectivity index (χ3n) is 21.6. The van der Waals surface area contributed by atoms with Crippen molar-refractivity contribution >= 4 is 79.2 Å². The van der Waals surface area contributed by atoms with Crippen molar-refractivity contribution in [2.45, 2.75) is 461 Å². The third kappa shape index (κ3) is 23.8. The topological polar surface area (TPSA) is 185 Å². The Kier molecular flexibility index (Phi) is 34.6. The molecule has 0 aromatic rings. The van der Waals surface area contributed by atoms with Gasteiger partial charge in [0.1, 0.15) is 28.6 Å². The van der Waals surface area contributed by atoms with Gasteiger partial charge < -0.3 is 39.5 Å². The van der Waals surface area contributed by atoms with E-state index in [2.05, 4.69) is 271 Å². The molecule has 4 amide bonds. The number of carbonyl (C=O) groups is 4. The lowest BCUT2D eigenvalue weighted by Crippen LogP contribution is -2.50. The molecule has 4 rings (SSSR count). The predicted molar refractivity (Wildman–Crippen MR) is 473 cm³/mol. The zero-order valence-electron chi connectivity index (χ0n) is 76.0. The van der Waals surface area contributed by atoms with Crippen molar-refractivity contribution in [1.29, 1.82) is 0 Å². The Hall–Kier alpha value is -0.500. The van der Waals surface area contributed by atoms with Crippen molar-refractivity contribution < 1.29 is 37.4 Å². The Morgan fingerprint density at radius 3 is 0.404 bits per heavy atom. The number of amides is 4. The highest BCUT2D eigenvalue weighted by Crippen LogP contribution is 2.87. The van der Waals surface area contributed by atoms with Gasteiger partial charge in [0, 0.05) is 62.9 Å². The summed E-state index contributed by atoms with van der Waals surface area (Å²) in [6.45, 7) is 99.7. The molecule has 4 fully saturated rings. The van der Waals surface area contributed by atoms with Crippen molar-refractivity contribution in [3.8, 4) is 0 Å². The van der Waals surface area contributed by atoms with Crippen molar-refractivity contribution in [3.63, 3.8) is 0 Å². The molecule has 624 valence electrons. The van der Waals surface area contributed by atoms with Crippen LogP contribution in [0.2, 0.25) is 0 Å². The van der Waals surface area contributed by atoms with Gasteiger partial charge in [-0.3, -0.25) is 19.2 Å². The largest absolute Gasteiger partial charge is 0.343 e. The molecule has 104 heavy (non-hydrogen) atoms. The number of hydrogen-bond donors (Lipinski definition) is 4. The summed E-state index contributed by atoms with van der Waals surface area (Å²) in [4.78, 5) is 51.6. The molecule has 0 aliphatic heterocycles. The molecule has 0 aromatic heterocycles. The Morgan fingerprint density at radius 2 is 0.337 bits per heavy atom. The minimum atomic E-state index is -2.78. The minimum absolute atomic E-state index is 0. The number of carbonyl (C=O) groups excluding carboxylic acids is 4. The van der Waals surface area contributed by atoms with Crippen LogP contribution in [0.25, 0.3) is 0 Å². The van der Waals surface area contributed by atoms with Gasteiger partial charge in [-0.05, 0) is 96.7 Å². The molecular formula is C86H180N4O8P4S2. The summed E-state index contributed by atoms with van der Waals surface area (Å²) in [6.07, 6.45) is 7.24. The second-order valence-corrected chi connectivity index (χ2v) is 67.8. The average Bonchev–Trinajstić information content (AvgIpc) is 1.55. The number of nitrogens with one attached hydrogen (secondary N) is 4. The zero-order valence-corrected chi connectivity index (χ0v) is 81.6. The van der Waals surface area contributed by atoms with Crippen LogP contribution in [0, 0.1) is 67.0 Å². The Bertz CT molecular complexity index is 2630. The average molecular weight is 1590 g/mol. The van der Waals surface area contributed by atoms with Gasteiger partial charge in [0.05, 0.1) is 21.1 Å². The van der Waals surface area contributed by atoms with E-state index < -0.39 is 71.3 Å². The maximum atomic E-state index is 14.7. The van der Waals surface area contributed by atoms with E-state index in [4.69, 9.17) is 0 Å². The van der Waals surface area contributed by atoms with Crippen molar-refractivity contribution in [1.82, 2.24) is 21.3 Å². The van der Waals surface area contributed by atoms with E-state index in [0.717, 1.165) is 51.4 Å². The maximum absolute atomic E-state index is 14.7. The molecule has 4 aliphatic carbocycles. The van der Waals surface area contributed by atoms with Crippen LogP contribution in [0.4, 0.5) is 0 Å². The molecule has 4 N–H and O–H groups in total. The van der Waals surface area contributed by atoms with Crippen LogP contribution in [0.5, 0.6) is 0 Å². The number of rotatable bonds is 12. The monoisotopic (exact) mass is 1590 g/mol. The first-order valence-electron chi connectivity index (χ1n) is 38.5. The van der Waals surface area contributed by atoms with E-state index in [1.54, 1.807) is 0 Å². The fourth-order valence-electron chi connectivity index (χ4n) is 18.0. The molecule has 0 unspecified atom stereocenters. The van der Waals surface area contributed by atoms with Crippen LogP contribution in [-0.2, 0) is 37.4 Å². The fraction of sp³-hybridized carbons (Fsp3) is 0.953. The Balaban J connectivity index is -0.000000633. The zero-order chi connectivity index (χ0) is 81.1. The third-order valence-corrected chi connectivity index (χ3v) is 43.8. The van der Waals surface area contributed by atoms with Gasteiger partial charge in [0.2, 0.25) is 23.6 Å². The fourth-order valence-corrected chi connectivity index (χ4v) is 41.0. The molecule has 4 saturated carbocycles. The van der Waals surface area contributed by atoms with Gasteiger partial charge >= 0.3 is 0 Å². The normalized spacial score (nSPS) is 24.7. The molecule has 0 spiro atoms. The van der Waals surface area contributed by atoms with E-state index in [-0.39, 0.29) is 152 Å². The molecule has 18 heteroatoms. The van der Waals surface area contributed by atoms with Gasteiger partial charge in [-0.2, -0.15) is 27.0 Å². The molecule has 0 aromatic carbocycles. The van der Waals surface area contributed by atoms with Crippen molar-refractivity contribution in [2.75, 3.05) is 0 Å². The van der Waals surface area contributed by atoms with Crippen LogP contribution >= 0.6 is 55.6 Å². The van der Waals surface area contributed by atoms with Crippen molar-refractivity contribution in [3.05, 3.63) is 0 Å². The molecule has 12 nitrogen and oxygen atoms in total. The van der Waals surface area contributed by atoms with Gasteiger partial charge in [-0.15, -0.1) is 0 Å². The lowest BCUT2D eigenvalue weighted by molar-refractivity contribution is -0.129.